The number of nitrogens with one attached hydrogen (secondary N) is 1. The van der Waals surface area contributed by atoms with Crippen molar-refractivity contribution >= 4 is 35.0 Å². The fourth-order valence-corrected chi connectivity index (χ4v) is 2.61. The van der Waals surface area contributed by atoms with Crippen LogP contribution in [0.3, 0.4) is 0 Å². The number of aromatic nitrogens is 2. The molecule has 0 aliphatic carbocycles. The average molecular weight is 372 g/mol. The van der Waals surface area contributed by atoms with E-state index < -0.39 is 21.9 Å². The van der Waals surface area contributed by atoms with Crippen LogP contribution in [-0.2, 0) is 0 Å². The SMILES string of the molecule is COc1cc(/C=N\n2c(=S)[nH]c3ccccc3c2=O)cc([N+](=O)[O-])c1O. The minimum Gasteiger partial charge on any atom is -0.500 e. The molecule has 10 heteroatoms. The van der Waals surface area contributed by atoms with E-state index in [0.29, 0.717) is 10.9 Å². The Morgan fingerprint density at radius 3 is 2.81 bits per heavy atom. The normalized spacial score (nSPS) is 11.1. The Morgan fingerprint density at radius 2 is 2.12 bits per heavy atom. The number of H-pyrrole nitrogens is 1. The minimum absolute atomic E-state index is 0.0743. The number of para-hydroxylation sites is 1. The molecule has 26 heavy (non-hydrogen) atoms. The van der Waals surface area contributed by atoms with Crippen molar-refractivity contribution in [3.05, 3.63) is 67.2 Å². The number of nitrogens with zero attached hydrogens (tertiary/aromatic N) is 3. The summed E-state index contributed by atoms with van der Waals surface area (Å²) in [6, 6.07) is 9.29. The zero-order valence-electron chi connectivity index (χ0n) is 13.4. The summed E-state index contributed by atoms with van der Waals surface area (Å²) in [5.74, 6) is -0.675. The highest BCUT2D eigenvalue weighted by molar-refractivity contribution is 7.71. The first-order valence-electron chi connectivity index (χ1n) is 7.26. The summed E-state index contributed by atoms with van der Waals surface area (Å²) in [5.41, 5.74) is -0.139. The molecule has 0 radical (unpaired) electrons. The van der Waals surface area contributed by atoms with E-state index in [0.717, 1.165) is 10.7 Å². The van der Waals surface area contributed by atoms with Gasteiger partial charge in [0.1, 0.15) is 0 Å². The Balaban J connectivity index is 2.13. The maximum atomic E-state index is 12.5. The number of phenolic OH excluding ortho intramolecular Hbond substituents is 1. The quantitative estimate of drug-likeness (QED) is 0.314. The van der Waals surface area contributed by atoms with Crippen molar-refractivity contribution in [2.24, 2.45) is 5.10 Å². The van der Waals surface area contributed by atoms with Gasteiger partial charge >= 0.3 is 5.69 Å². The Labute approximate surface area is 150 Å². The molecule has 132 valence electrons. The lowest BCUT2D eigenvalue weighted by atomic mass is 10.2. The molecule has 3 aromatic rings. The number of nitro groups is 1. The number of nitro benzene ring substituents is 1. The first kappa shape index (κ1) is 17.3. The van der Waals surface area contributed by atoms with Crippen LogP contribution in [-0.4, -0.2) is 33.0 Å². The molecule has 0 amide bonds. The zero-order chi connectivity index (χ0) is 18.8. The molecule has 0 aliphatic rings. The van der Waals surface area contributed by atoms with Crippen LogP contribution in [0.5, 0.6) is 11.5 Å². The first-order valence-corrected chi connectivity index (χ1v) is 7.67. The van der Waals surface area contributed by atoms with Crippen molar-refractivity contribution in [2.45, 2.75) is 0 Å². The number of ether oxygens (including phenoxy) is 1. The summed E-state index contributed by atoms with van der Waals surface area (Å²) >= 11 is 5.14. The zero-order valence-corrected chi connectivity index (χ0v) is 14.2. The van der Waals surface area contributed by atoms with E-state index in [1.807, 2.05) is 0 Å². The van der Waals surface area contributed by atoms with Gasteiger partial charge in [0.25, 0.3) is 5.56 Å². The molecule has 0 bridgehead atoms. The lowest BCUT2D eigenvalue weighted by Crippen LogP contribution is -2.18. The van der Waals surface area contributed by atoms with E-state index in [4.69, 9.17) is 17.0 Å². The smallest absolute Gasteiger partial charge is 0.315 e. The molecule has 0 saturated heterocycles. The third-order valence-corrected chi connectivity index (χ3v) is 3.87. The maximum absolute atomic E-state index is 12.5. The third-order valence-electron chi connectivity index (χ3n) is 3.60. The van der Waals surface area contributed by atoms with Gasteiger partial charge in [-0.05, 0) is 30.4 Å². The maximum Gasteiger partial charge on any atom is 0.315 e. The predicted molar refractivity (Wildman–Crippen MR) is 97.7 cm³/mol. The molecule has 0 unspecified atom stereocenters. The highest BCUT2D eigenvalue weighted by Crippen LogP contribution is 2.36. The predicted octanol–water partition coefficient (Wildman–Crippen LogP) is 2.56. The molecular formula is C16H12N4O5S. The summed E-state index contributed by atoms with van der Waals surface area (Å²) in [6.45, 7) is 0. The Morgan fingerprint density at radius 1 is 1.38 bits per heavy atom. The van der Waals surface area contributed by atoms with E-state index in [2.05, 4.69) is 10.1 Å². The molecule has 9 nitrogen and oxygen atoms in total. The summed E-state index contributed by atoms with van der Waals surface area (Å²) < 4.78 is 5.97. The van der Waals surface area contributed by atoms with E-state index in [1.165, 1.54) is 19.4 Å². The lowest BCUT2D eigenvalue weighted by molar-refractivity contribution is -0.386. The van der Waals surface area contributed by atoms with Crippen molar-refractivity contribution in [1.82, 2.24) is 9.66 Å². The Hall–Kier alpha value is -3.53. The number of aromatic amines is 1. The van der Waals surface area contributed by atoms with Crippen molar-refractivity contribution in [3.8, 4) is 11.5 Å². The van der Waals surface area contributed by atoms with Crippen LogP contribution >= 0.6 is 12.2 Å². The monoisotopic (exact) mass is 372 g/mol. The van der Waals surface area contributed by atoms with Gasteiger partial charge in [-0.15, -0.1) is 0 Å². The van der Waals surface area contributed by atoms with Crippen LogP contribution < -0.4 is 10.3 Å². The van der Waals surface area contributed by atoms with Gasteiger partial charge in [0, 0.05) is 11.6 Å². The van der Waals surface area contributed by atoms with Gasteiger partial charge in [0.05, 0.1) is 29.2 Å². The van der Waals surface area contributed by atoms with Gasteiger partial charge in [-0.3, -0.25) is 14.9 Å². The number of rotatable bonds is 4. The molecule has 3 rings (SSSR count). The van der Waals surface area contributed by atoms with Crippen molar-refractivity contribution in [3.63, 3.8) is 0 Å². The van der Waals surface area contributed by atoms with Gasteiger partial charge in [0.15, 0.2) is 5.75 Å². The minimum atomic E-state index is -0.746. The number of hydrogen-bond acceptors (Lipinski definition) is 7. The van der Waals surface area contributed by atoms with Crippen LogP contribution in [0.2, 0.25) is 0 Å². The second-order valence-electron chi connectivity index (χ2n) is 5.19. The van der Waals surface area contributed by atoms with Crippen LogP contribution in [0, 0.1) is 14.9 Å². The van der Waals surface area contributed by atoms with Gasteiger partial charge in [-0.25, -0.2) is 0 Å². The molecule has 1 heterocycles. The molecule has 0 aliphatic heterocycles. The van der Waals surface area contributed by atoms with Gasteiger partial charge < -0.3 is 14.8 Å². The summed E-state index contributed by atoms with van der Waals surface area (Å²) in [6.07, 6.45) is 1.22. The summed E-state index contributed by atoms with van der Waals surface area (Å²) in [4.78, 5) is 25.7. The number of methoxy groups -OCH3 is 1. The van der Waals surface area contributed by atoms with Gasteiger partial charge in [-0.2, -0.15) is 9.78 Å². The van der Waals surface area contributed by atoms with Crippen molar-refractivity contribution < 1.29 is 14.8 Å². The largest absolute Gasteiger partial charge is 0.500 e. The fraction of sp³-hybridized carbons (Fsp3) is 0.0625. The van der Waals surface area contributed by atoms with E-state index >= 15 is 0 Å². The number of hydrogen-bond donors (Lipinski definition) is 2. The van der Waals surface area contributed by atoms with Crippen LogP contribution in [0.4, 0.5) is 5.69 Å². The molecule has 0 atom stereocenters. The van der Waals surface area contributed by atoms with Crippen LogP contribution in [0.25, 0.3) is 10.9 Å². The third kappa shape index (κ3) is 3.05. The highest BCUT2D eigenvalue weighted by Gasteiger charge is 2.19. The molecule has 0 spiro atoms. The topological polar surface area (TPSA) is 123 Å². The molecule has 1 aromatic heterocycles. The molecule has 2 N–H and O–H groups in total. The van der Waals surface area contributed by atoms with Crippen molar-refractivity contribution in [1.29, 1.82) is 0 Å². The number of benzene rings is 2. The summed E-state index contributed by atoms with van der Waals surface area (Å²) in [5, 5.41) is 25.2. The van der Waals surface area contributed by atoms with E-state index in [-0.39, 0.29) is 16.1 Å². The average Bonchev–Trinajstić information content (AvgIpc) is 2.62. The standard InChI is InChI=1S/C16H12N4O5S/c1-25-13-7-9(6-12(14(13)21)20(23)24)8-17-19-15(22)10-4-2-3-5-11(10)18-16(19)26/h2-8,21H,1H3,(H,18,26)/b17-8-. The molecule has 0 fully saturated rings. The number of phenols is 1. The summed E-state index contributed by atoms with van der Waals surface area (Å²) in [7, 11) is 1.27. The second kappa shape index (κ2) is 6.76. The van der Waals surface area contributed by atoms with Gasteiger partial charge in [0.2, 0.25) is 10.5 Å². The first-order chi connectivity index (χ1) is 12.4. The lowest BCUT2D eigenvalue weighted by Gasteiger charge is -2.05. The Bertz CT molecular complexity index is 1170. The van der Waals surface area contributed by atoms with E-state index in [9.17, 15) is 20.0 Å². The van der Waals surface area contributed by atoms with Crippen LogP contribution in [0.1, 0.15) is 5.56 Å². The highest BCUT2D eigenvalue weighted by atomic mass is 32.1. The molecule has 2 aromatic carbocycles. The van der Waals surface area contributed by atoms with Crippen molar-refractivity contribution in [2.75, 3.05) is 7.11 Å². The molecular weight excluding hydrogens is 360 g/mol. The van der Waals surface area contributed by atoms with Crippen LogP contribution in [0.15, 0.2) is 46.3 Å². The number of fused-ring (bicyclic) bond motifs is 1. The fourth-order valence-electron chi connectivity index (χ4n) is 2.37. The molecule has 0 saturated carbocycles. The Kier molecular flexibility index (Phi) is 4.50. The van der Waals surface area contributed by atoms with E-state index in [1.54, 1.807) is 24.3 Å². The number of aromatic hydroxyl groups is 1. The van der Waals surface area contributed by atoms with Gasteiger partial charge in [-0.1, -0.05) is 12.1 Å². The second-order valence-corrected chi connectivity index (χ2v) is 5.57.